The molecular weight excluding hydrogens is 433 g/mol. The molecule has 2 aromatic rings. The second kappa shape index (κ2) is 8.05. The average Bonchev–Trinajstić information content (AvgIpc) is 3.20. The minimum absolute atomic E-state index is 0.0591. The summed E-state index contributed by atoms with van der Waals surface area (Å²) in [6.07, 6.45) is 1.69. The number of rotatable bonds is 5. The predicted octanol–water partition coefficient (Wildman–Crippen LogP) is 2.64. The lowest BCUT2D eigenvalue weighted by atomic mass is 10.1. The van der Waals surface area contributed by atoms with Crippen molar-refractivity contribution in [3.05, 3.63) is 50.1 Å². The number of carbonyl (C=O) groups is 1. The molecule has 1 saturated heterocycles. The Kier molecular flexibility index (Phi) is 5.61. The summed E-state index contributed by atoms with van der Waals surface area (Å²) in [6.45, 7) is 5.84. The van der Waals surface area contributed by atoms with E-state index < -0.39 is 10.5 Å². The zero-order chi connectivity index (χ0) is 21.5. The summed E-state index contributed by atoms with van der Waals surface area (Å²) in [4.78, 5) is 30.9. The van der Waals surface area contributed by atoms with Crippen LogP contribution in [0.1, 0.15) is 12.5 Å². The van der Waals surface area contributed by atoms with Crippen molar-refractivity contribution in [1.29, 1.82) is 0 Å². The Hall–Kier alpha value is -2.36. The van der Waals surface area contributed by atoms with Gasteiger partial charge in [0.15, 0.2) is 0 Å². The molecule has 3 heterocycles. The fourth-order valence-electron chi connectivity index (χ4n) is 3.93. The molecule has 0 spiro atoms. The van der Waals surface area contributed by atoms with Crippen LogP contribution in [0.3, 0.4) is 0 Å². The van der Waals surface area contributed by atoms with E-state index in [1.807, 2.05) is 17.9 Å². The Morgan fingerprint density at radius 3 is 2.63 bits per heavy atom. The SMILES string of the molecule is CC1(CN2CCN(C(=O)Cc3ccc(Cl)c(Cl)c3)CC2)Cn2cc([N+](=O)[O-])nc2O1. The molecule has 1 aromatic carbocycles. The van der Waals surface area contributed by atoms with Crippen molar-refractivity contribution in [2.24, 2.45) is 0 Å². The largest absolute Gasteiger partial charge is 0.436 e. The number of benzene rings is 1. The second-order valence-electron chi connectivity index (χ2n) is 7.90. The molecule has 2 aliphatic heterocycles. The molecule has 0 aliphatic carbocycles. The Labute approximate surface area is 183 Å². The van der Waals surface area contributed by atoms with Crippen LogP contribution in [0, 0.1) is 10.1 Å². The first-order chi connectivity index (χ1) is 14.2. The molecule has 1 atom stereocenters. The molecule has 160 valence electrons. The van der Waals surface area contributed by atoms with Gasteiger partial charge >= 0.3 is 11.8 Å². The summed E-state index contributed by atoms with van der Waals surface area (Å²) in [6, 6.07) is 5.52. The molecule has 0 N–H and O–H groups in total. The standard InChI is InChI=1S/C19H21Cl2N5O4/c1-19(12-25-10-16(26(28)29)22-18(25)30-19)11-23-4-6-24(7-5-23)17(27)9-13-2-3-14(20)15(21)8-13/h2-3,8,10H,4-7,9,11-12H2,1H3. The molecule has 0 saturated carbocycles. The van der Waals surface area contributed by atoms with Crippen LogP contribution in [0.2, 0.25) is 10.0 Å². The molecule has 1 aromatic heterocycles. The average molecular weight is 454 g/mol. The number of nitrogens with zero attached hydrogens (tertiary/aromatic N) is 5. The normalized spacial score (nSPS) is 21.4. The first kappa shape index (κ1) is 20.9. The highest BCUT2D eigenvalue weighted by Crippen LogP contribution is 2.31. The van der Waals surface area contributed by atoms with Crippen molar-refractivity contribution < 1.29 is 14.5 Å². The molecular formula is C19H21Cl2N5O4. The topological polar surface area (TPSA) is 93.7 Å². The molecule has 0 radical (unpaired) electrons. The van der Waals surface area contributed by atoms with Crippen LogP contribution in [-0.2, 0) is 17.8 Å². The van der Waals surface area contributed by atoms with E-state index in [0.717, 1.165) is 18.7 Å². The summed E-state index contributed by atoms with van der Waals surface area (Å²) in [5.74, 6) is -0.148. The van der Waals surface area contributed by atoms with Crippen LogP contribution >= 0.6 is 23.2 Å². The maximum Gasteiger partial charge on any atom is 0.415 e. The number of ether oxygens (including phenoxy) is 1. The summed E-state index contributed by atoms with van der Waals surface area (Å²) in [5, 5.41) is 11.8. The number of hydrogen-bond donors (Lipinski definition) is 0. The van der Waals surface area contributed by atoms with Gasteiger partial charge in [-0.2, -0.15) is 0 Å². The fourth-order valence-corrected chi connectivity index (χ4v) is 4.25. The van der Waals surface area contributed by atoms with Crippen LogP contribution in [0.5, 0.6) is 6.01 Å². The highest BCUT2D eigenvalue weighted by atomic mass is 35.5. The first-order valence-electron chi connectivity index (χ1n) is 9.57. The number of carbonyl (C=O) groups excluding carboxylic acids is 1. The van der Waals surface area contributed by atoms with Crippen molar-refractivity contribution in [3.63, 3.8) is 0 Å². The van der Waals surface area contributed by atoms with Gasteiger partial charge in [0.05, 0.1) is 23.0 Å². The predicted molar refractivity (Wildman–Crippen MR) is 111 cm³/mol. The van der Waals surface area contributed by atoms with E-state index in [4.69, 9.17) is 27.9 Å². The van der Waals surface area contributed by atoms with E-state index in [0.29, 0.717) is 36.2 Å². The summed E-state index contributed by atoms with van der Waals surface area (Å²) >= 11 is 12.0. The van der Waals surface area contributed by atoms with E-state index in [9.17, 15) is 14.9 Å². The van der Waals surface area contributed by atoms with Gasteiger partial charge in [0.25, 0.3) is 0 Å². The van der Waals surface area contributed by atoms with Crippen molar-refractivity contribution in [2.75, 3.05) is 32.7 Å². The third-order valence-electron chi connectivity index (χ3n) is 5.38. The van der Waals surface area contributed by atoms with Gasteiger partial charge in [-0.15, -0.1) is 0 Å². The van der Waals surface area contributed by atoms with Crippen molar-refractivity contribution in [2.45, 2.75) is 25.5 Å². The van der Waals surface area contributed by atoms with Crippen molar-refractivity contribution in [1.82, 2.24) is 19.4 Å². The zero-order valence-corrected chi connectivity index (χ0v) is 17.9. The van der Waals surface area contributed by atoms with E-state index in [-0.39, 0.29) is 24.2 Å². The fraction of sp³-hybridized carbons (Fsp3) is 0.474. The van der Waals surface area contributed by atoms with E-state index >= 15 is 0 Å². The summed E-state index contributed by atoms with van der Waals surface area (Å²) in [5.41, 5.74) is 0.330. The van der Waals surface area contributed by atoms with Gasteiger partial charge in [0, 0.05) is 37.7 Å². The van der Waals surface area contributed by atoms with Crippen LogP contribution in [0.15, 0.2) is 24.4 Å². The molecule has 1 amide bonds. The van der Waals surface area contributed by atoms with Gasteiger partial charge < -0.3 is 19.8 Å². The van der Waals surface area contributed by atoms with E-state index in [1.54, 1.807) is 16.7 Å². The first-order valence-corrected chi connectivity index (χ1v) is 10.3. The lowest BCUT2D eigenvalue weighted by molar-refractivity contribution is -0.389. The number of imidazole rings is 1. The van der Waals surface area contributed by atoms with E-state index in [2.05, 4.69) is 9.88 Å². The monoisotopic (exact) mass is 453 g/mol. The lowest BCUT2D eigenvalue weighted by Gasteiger charge is -2.38. The Morgan fingerprint density at radius 1 is 1.27 bits per heavy atom. The third-order valence-corrected chi connectivity index (χ3v) is 6.12. The molecule has 4 rings (SSSR count). The number of amides is 1. The summed E-state index contributed by atoms with van der Waals surface area (Å²) < 4.78 is 7.58. The molecule has 30 heavy (non-hydrogen) atoms. The van der Waals surface area contributed by atoms with Crippen LogP contribution in [0.4, 0.5) is 5.82 Å². The number of aromatic nitrogens is 2. The van der Waals surface area contributed by atoms with Gasteiger partial charge in [-0.1, -0.05) is 29.3 Å². The Morgan fingerprint density at radius 2 is 2.00 bits per heavy atom. The number of fused-ring (bicyclic) bond motifs is 1. The Balaban J connectivity index is 1.28. The number of piperazine rings is 1. The van der Waals surface area contributed by atoms with Crippen LogP contribution in [0.25, 0.3) is 0 Å². The van der Waals surface area contributed by atoms with Gasteiger partial charge in [-0.25, -0.2) is 0 Å². The van der Waals surface area contributed by atoms with Crippen molar-refractivity contribution >= 4 is 34.9 Å². The van der Waals surface area contributed by atoms with Gasteiger partial charge in [0.1, 0.15) is 11.8 Å². The van der Waals surface area contributed by atoms with E-state index in [1.165, 1.54) is 6.20 Å². The van der Waals surface area contributed by atoms with Gasteiger partial charge in [0.2, 0.25) is 5.91 Å². The third kappa shape index (κ3) is 4.38. The quantitative estimate of drug-likeness (QED) is 0.510. The second-order valence-corrected chi connectivity index (χ2v) is 8.72. The maximum atomic E-state index is 12.6. The molecule has 1 unspecified atom stereocenters. The number of nitro groups is 1. The van der Waals surface area contributed by atoms with Gasteiger partial charge in [-0.3, -0.25) is 14.3 Å². The highest BCUT2D eigenvalue weighted by Gasteiger charge is 2.41. The highest BCUT2D eigenvalue weighted by molar-refractivity contribution is 6.42. The minimum Gasteiger partial charge on any atom is -0.436 e. The number of halogens is 2. The van der Waals surface area contributed by atoms with Crippen LogP contribution < -0.4 is 4.74 Å². The van der Waals surface area contributed by atoms with Gasteiger partial charge in [-0.05, 0) is 29.5 Å². The number of hydrogen-bond acceptors (Lipinski definition) is 6. The van der Waals surface area contributed by atoms with Crippen LogP contribution in [-0.4, -0.2) is 68.5 Å². The zero-order valence-electron chi connectivity index (χ0n) is 16.4. The molecule has 11 heteroatoms. The smallest absolute Gasteiger partial charge is 0.415 e. The molecule has 9 nitrogen and oxygen atoms in total. The summed E-state index contributed by atoms with van der Waals surface area (Å²) in [7, 11) is 0. The minimum atomic E-state index is -0.528. The molecule has 0 bridgehead atoms. The molecule has 1 fully saturated rings. The van der Waals surface area contributed by atoms with Crippen molar-refractivity contribution in [3.8, 4) is 6.01 Å². The Bertz CT molecular complexity index is 964. The molecule has 2 aliphatic rings. The maximum absolute atomic E-state index is 12.6. The lowest BCUT2D eigenvalue weighted by Crippen LogP contribution is -2.54.